The Labute approximate surface area is 116 Å². The topological polar surface area (TPSA) is 72.2 Å². The first-order valence-electron chi connectivity index (χ1n) is 6.91. The Balaban J connectivity index is 5.14. The molecule has 0 aromatic carbocycles. The van der Waals surface area contributed by atoms with E-state index in [1.165, 1.54) is 0 Å². The first-order valence-corrected chi connectivity index (χ1v) is 6.91. The van der Waals surface area contributed by atoms with E-state index in [1.807, 2.05) is 26.0 Å². The van der Waals surface area contributed by atoms with Gasteiger partial charge in [0, 0.05) is 6.54 Å². The van der Waals surface area contributed by atoms with Gasteiger partial charge in [-0.25, -0.2) is 0 Å². The molecule has 0 unspecified atom stereocenters. The summed E-state index contributed by atoms with van der Waals surface area (Å²) in [6.45, 7) is 10.5. The molecule has 0 aliphatic heterocycles. The van der Waals surface area contributed by atoms with Crippen molar-refractivity contribution < 1.29 is 9.59 Å². The summed E-state index contributed by atoms with van der Waals surface area (Å²) < 4.78 is 0. The van der Waals surface area contributed by atoms with Gasteiger partial charge in [0.1, 0.15) is 0 Å². The lowest BCUT2D eigenvalue weighted by Crippen LogP contribution is -2.41. The molecular weight excluding hydrogens is 240 g/mol. The molecule has 0 aliphatic carbocycles. The fourth-order valence-electron chi connectivity index (χ4n) is 2.14. The van der Waals surface area contributed by atoms with E-state index in [-0.39, 0.29) is 17.2 Å². The van der Waals surface area contributed by atoms with Crippen molar-refractivity contribution in [2.24, 2.45) is 23.0 Å². The minimum Gasteiger partial charge on any atom is -0.369 e. The Morgan fingerprint density at radius 2 is 1.84 bits per heavy atom. The molecule has 0 rings (SSSR count). The van der Waals surface area contributed by atoms with E-state index in [0.29, 0.717) is 19.4 Å². The largest absolute Gasteiger partial charge is 0.369 e. The smallest absolute Gasteiger partial charge is 0.223 e. The maximum Gasteiger partial charge on any atom is 0.223 e. The Morgan fingerprint density at radius 3 is 2.21 bits per heavy atom. The van der Waals surface area contributed by atoms with Gasteiger partial charge in [-0.3, -0.25) is 9.59 Å². The van der Waals surface area contributed by atoms with Crippen LogP contribution in [0.15, 0.2) is 12.2 Å². The normalized spacial score (nSPS) is 15.2. The van der Waals surface area contributed by atoms with Crippen molar-refractivity contribution in [2.75, 3.05) is 6.54 Å². The highest BCUT2D eigenvalue weighted by molar-refractivity contribution is 5.87. The molecule has 2 atom stereocenters. The Morgan fingerprint density at radius 1 is 1.26 bits per heavy atom. The van der Waals surface area contributed by atoms with Crippen molar-refractivity contribution in [1.29, 1.82) is 0 Å². The molecule has 0 radical (unpaired) electrons. The van der Waals surface area contributed by atoms with E-state index in [4.69, 9.17) is 5.73 Å². The third kappa shape index (κ3) is 6.99. The maximum atomic E-state index is 12.2. The number of allylic oxidation sites excluding steroid dienone is 2. The van der Waals surface area contributed by atoms with E-state index < -0.39 is 11.8 Å². The summed E-state index contributed by atoms with van der Waals surface area (Å²) in [7, 11) is 0. The van der Waals surface area contributed by atoms with Crippen LogP contribution in [0.3, 0.4) is 0 Å². The molecule has 3 N–H and O–H groups in total. The summed E-state index contributed by atoms with van der Waals surface area (Å²) in [5.41, 5.74) is 5.45. The first kappa shape index (κ1) is 17.7. The van der Waals surface area contributed by atoms with Gasteiger partial charge in [-0.15, -0.1) is 0 Å². The van der Waals surface area contributed by atoms with E-state index in [2.05, 4.69) is 26.1 Å². The van der Waals surface area contributed by atoms with Crippen molar-refractivity contribution in [3.8, 4) is 0 Å². The lowest BCUT2D eigenvalue weighted by molar-refractivity contribution is -0.134. The molecule has 0 fully saturated rings. The highest BCUT2D eigenvalue weighted by atomic mass is 16.2. The fourth-order valence-corrected chi connectivity index (χ4v) is 2.14. The lowest BCUT2D eigenvalue weighted by Gasteiger charge is -2.29. The van der Waals surface area contributed by atoms with Gasteiger partial charge in [0.05, 0.1) is 11.8 Å². The second-order valence-electron chi connectivity index (χ2n) is 6.08. The molecule has 4 nitrogen and oxygen atoms in total. The van der Waals surface area contributed by atoms with Gasteiger partial charge < -0.3 is 11.1 Å². The van der Waals surface area contributed by atoms with Crippen LogP contribution >= 0.6 is 0 Å². The summed E-state index contributed by atoms with van der Waals surface area (Å²) in [5.74, 6) is -1.29. The zero-order chi connectivity index (χ0) is 15.1. The molecule has 0 heterocycles. The molecule has 2 amide bonds. The number of carbonyl (C=O) groups excluding carboxylic acids is 2. The van der Waals surface area contributed by atoms with Gasteiger partial charge in [0.2, 0.25) is 11.8 Å². The molecular formula is C15H28N2O2. The maximum absolute atomic E-state index is 12.2. The number of hydrogen-bond acceptors (Lipinski definition) is 2. The molecule has 0 spiro atoms. The monoisotopic (exact) mass is 268 g/mol. The number of nitrogens with two attached hydrogens (primary N) is 1. The van der Waals surface area contributed by atoms with Gasteiger partial charge >= 0.3 is 0 Å². The first-order chi connectivity index (χ1) is 8.72. The van der Waals surface area contributed by atoms with E-state index >= 15 is 0 Å². The summed E-state index contributed by atoms with van der Waals surface area (Å²) in [6, 6.07) is 0. The second-order valence-corrected chi connectivity index (χ2v) is 6.08. The highest BCUT2D eigenvalue weighted by Crippen LogP contribution is 2.31. The van der Waals surface area contributed by atoms with Gasteiger partial charge in [0.15, 0.2) is 0 Å². The van der Waals surface area contributed by atoms with Crippen molar-refractivity contribution in [3.63, 3.8) is 0 Å². The molecule has 0 saturated carbocycles. The van der Waals surface area contributed by atoms with Crippen molar-refractivity contribution in [1.82, 2.24) is 5.32 Å². The number of rotatable bonds is 7. The summed E-state index contributed by atoms with van der Waals surface area (Å²) in [4.78, 5) is 23.8. The van der Waals surface area contributed by atoms with Crippen LogP contribution in [0, 0.1) is 17.3 Å². The van der Waals surface area contributed by atoms with Gasteiger partial charge in [0.25, 0.3) is 0 Å². The van der Waals surface area contributed by atoms with Crippen LogP contribution in [0.4, 0.5) is 0 Å². The van der Waals surface area contributed by atoms with Crippen LogP contribution in [0.5, 0.6) is 0 Å². The van der Waals surface area contributed by atoms with Crippen LogP contribution in [-0.2, 0) is 9.59 Å². The summed E-state index contributed by atoms with van der Waals surface area (Å²) in [5, 5.41) is 2.81. The average Bonchev–Trinajstić information content (AvgIpc) is 2.26. The molecule has 0 saturated heterocycles. The van der Waals surface area contributed by atoms with Gasteiger partial charge in [-0.05, 0) is 32.1 Å². The fraction of sp³-hybridized carbons (Fsp3) is 0.733. The van der Waals surface area contributed by atoms with Crippen LogP contribution in [0.25, 0.3) is 0 Å². The quantitative estimate of drug-likeness (QED) is 0.695. The van der Waals surface area contributed by atoms with E-state index in [0.717, 1.165) is 0 Å². The molecule has 0 aromatic rings. The molecule has 0 bridgehead atoms. The minimum absolute atomic E-state index is 0.0284. The summed E-state index contributed by atoms with van der Waals surface area (Å²) in [6.07, 6.45) is 4.93. The Hall–Kier alpha value is -1.32. The number of hydrogen-bond donors (Lipinski definition) is 2. The van der Waals surface area contributed by atoms with Gasteiger partial charge in [-0.1, -0.05) is 32.9 Å². The zero-order valence-electron chi connectivity index (χ0n) is 12.8. The number of amides is 2. The molecule has 110 valence electrons. The highest BCUT2D eigenvalue weighted by Gasteiger charge is 2.34. The number of carbonyl (C=O) groups is 2. The van der Waals surface area contributed by atoms with Crippen LogP contribution in [-0.4, -0.2) is 18.4 Å². The van der Waals surface area contributed by atoms with E-state index in [1.54, 1.807) is 0 Å². The molecule has 19 heavy (non-hydrogen) atoms. The minimum atomic E-state index is -0.443. The van der Waals surface area contributed by atoms with Crippen LogP contribution in [0.2, 0.25) is 0 Å². The second kappa shape index (κ2) is 7.97. The van der Waals surface area contributed by atoms with Crippen LogP contribution in [0.1, 0.15) is 47.5 Å². The number of nitrogens with one attached hydrogen (secondary N) is 1. The lowest BCUT2D eigenvalue weighted by atomic mass is 9.76. The van der Waals surface area contributed by atoms with Crippen molar-refractivity contribution >= 4 is 11.8 Å². The molecule has 0 aliphatic rings. The zero-order valence-corrected chi connectivity index (χ0v) is 12.8. The predicted molar refractivity (Wildman–Crippen MR) is 78.4 cm³/mol. The third-order valence-electron chi connectivity index (χ3n) is 3.00. The van der Waals surface area contributed by atoms with Gasteiger partial charge in [-0.2, -0.15) is 0 Å². The predicted octanol–water partition coefficient (Wildman–Crippen LogP) is 2.24. The number of primary amides is 1. The van der Waals surface area contributed by atoms with Crippen LogP contribution < -0.4 is 11.1 Å². The Bertz CT molecular complexity index is 330. The Kier molecular flexibility index (Phi) is 7.42. The SMILES string of the molecule is C/C=C/C[C@H](C(N)=O)[C@@H](CC(C)(C)C)C(=O)NCC. The summed E-state index contributed by atoms with van der Waals surface area (Å²) >= 11 is 0. The average molecular weight is 268 g/mol. The molecule has 4 heteroatoms. The molecule has 0 aromatic heterocycles. The van der Waals surface area contributed by atoms with E-state index in [9.17, 15) is 9.59 Å². The van der Waals surface area contributed by atoms with Crippen molar-refractivity contribution in [2.45, 2.75) is 47.5 Å². The van der Waals surface area contributed by atoms with Crippen molar-refractivity contribution in [3.05, 3.63) is 12.2 Å². The third-order valence-corrected chi connectivity index (χ3v) is 3.00. The standard InChI is InChI=1S/C15H28N2O2/c1-6-8-9-11(13(16)18)12(10-15(3,4)5)14(19)17-7-2/h6,8,11-12H,7,9-10H2,1-5H3,(H2,16,18)(H,17,19)/b8-6+/t11-,12+/m0/s1.